The number of esters is 1. The fourth-order valence-corrected chi connectivity index (χ4v) is 3.29. The zero-order valence-corrected chi connectivity index (χ0v) is 21.0. The number of nitrogens with one attached hydrogen (secondary N) is 3. The molecule has 2 aromatic rings. The minimum Gasteiger partial charge on any atom is -0.467 e. The van der Waals surface area contributed by atoms with E-state index in [1.807, 2.05) is 0 Å². The van der Waals surface area contributed by atoms with Crippen molar-refractivity contribution in [3.63, 3.8) is 0 Å². The molecule has 0 fully saturated rings. The Labute approximate surface area is 222 Å². The van der Waals surface area contributed by atoms with Gasteiger partial charge in [0, 0.05) is 6.42 Å². The highest BCUT2D eigenvalue weighted by molar-refractivity contribution is 5.90. The number of hydrogen-bond acceptors (Lipinski definition) is 9. The molecule has 0 saturated heterocycles. The highest BCUT2D eigenvalue weighted by atomic mass is 19.4. The van der Waals surface area contributed by atoms with Crippen molar-refractivity contribution in [3.05, 3.63) is 60.2 Å². The number of carbonyl (C=O) groups excluding carboxylic acids is 3. The Morgan fingerprint density at radius 1 is 0.974 bits per heavy atom. The van der Waals surface area contributed by atoms with E-state index in [0.717, 1.165) is 12.1 Å². The van der Waals surface area contributed by atoms with Crippen LogP contribution in [0.5, 0.6) is 5.75 Å². The van der Waals surface area contributed by atoms with Crippen molar-refractivity contribution in [1.29, 1.82) is 0 Å². The van der Waals surface area contributed by atoms with Crippen LogP contribution in [0, 0.1) is 0 Å². The Hall–Kier alpha value is -4.08. The molecule has 3 amide bonds. The molecule has 0 spiro atoms. The van der Waals surface area contributed by atoms with Gasteiger partial charge in [-0.3, -0.25) is 10.1 Å². The molecule has 2 atom stereocenters. The highest BCUT2D eigenvalue weighted by Gasteiger charge is 2.31. The summed E-state index contributed by atoms with van der Waals surface area (Å²) >= 11 is 0. The summed E-state index contributed by atoms with van der Waals surface area (Å²) in [5.74, 6) is -1.81. The first-order valence-electron chi connectivity index (χ1n) is 11.7. The van der Waals surface area contributed by atoms with E-state index in [1.54, 1.807) is 30.3 Å². The van der Waals surface area contributed by atoms with Crippen molar-refractivity contribution in [1.82, 2.24) is 16.0 Å². The highest BCUT2D eigenvalue weighted by Crippen LogP contribution is 2.25. The summed E-state index contributed by atoms with van der Waals surface area (Å²) in [5.41, 5.74) is 11.6. The van der Waals surface area contributed by atoms with Gasteiger partial charge < -0.3 is 31.6 Å². The minimum atomic E-state index is -4.85. The van der Waals surface area contributed by atoms with E-state index >= 15 is 0 Å². The second kappa shape index (κ2) is 15.4. The minimum absolute atomic E-state index is 0.0644. The molecule has 12 nitrogen and oxygen atoms in total. The van der Waals surface area contributed by atoms with E-state index in [-0.39, 0.29) is 18.5 Å². The molecule has 0 aliphatic heterocycles. The van der Waals surface area contributed by atoms with E-state index < -0.39 is 48.4 Å². The molecule has 15 heteroatoms. The molecule has 0 bridgehead atoms. The van der Waals surface area contributed by atoms with Gasteiger partial charge in [-0.1, -0.05) is 35.4 Å². The maximum absolute atomic E-state index is 13.1. The summed E-state index contributed by atoms with van der Waals surface area (Å²) in [6.45, 7) is 0.384. The predicted molar refractivity (Wildman–Crippen MR) is 133 cm³/mol. The Morgan fingerprint density at radius 3 is 2.23 bits per heavy atom. The molecule has 39 heavy (non-hydrogen) atoms. The fourth-order valence-electron chi connectivity index (χ4n) is 3.29. The van der Waals surface area contributed by atoms with Gasteiger partial charge in [0.1, 0.15) is 24.1 Å². The topological polar surface area (TPSA) is 183 Å². The number of alkyl halides is 3. The third-order valence-corrected chi connectivity index (χ3v) is 5.08. The van der Waals surface area contributed by atoms with Crippen LogP contribution in [0.2, 0.25) is 0 Å². The summed E-state index contributed by atoms with van der Waals surface area (Å²) in [6, 6.07) is 9.99. The smallest absolute Gasteiger partial charge is 0.467 e. The lowest BCUT2D eigenvalue weighted by atomic mass is 10.0. The van der Waals surface area contributed by atoms with Crippen molar-refractivity contribution in [2.75, 3.05) is 13.7 Å². The lowest BCUT2D eigenvalue weighted by molar-refractivity contribution is -0.274. The second-order valence-corrected chi connectivity index (χ2v) is 8.14. The second-order valence-electron chi connectivity index (χ2n) is 8.14. The number of amides is 3. The van der Waals surface area contributed by atoms with Crippen molar-refractivity contribution in [2.45, 2.75) is 44.0 Å². The molecule has 0 aromatic heterocycles. The van der Waals surface area contributed by atoms with Crippen LogP contribution in [0.1, 0.15) is 18.4 Å². The average molecular weight is 554 g/mol. The van der Waals surface area contributed by atoms with E-state index in [2.05, 4.69) is 30.9 Å². The molecule has 0 aliphatic rings. The lowest BCUT2D eigenvalue weighted by Crippen LogP contribution is -2.52. The molecule has 212 valence electrons. The molecule has 2 rings (SSSR count). The first-order valence-corrected chi connectivity index (χ1v) is 11.7. The number of hydrogen-bond donors (Lipinski definition) is 5. The average Bonchev–Trinajstić information content (AvgIpc) is 2.88. The largest absolute Gasteiger partial charge is 0.573 e. The van der Waals surface area contributed by atoms with Gasteiger partial charge in [0.05, 0.1) is 12.8 Å². The summed E-state index contributed by atoms with van der Waals surface area (Å²) in [7, 11) is 1.18. The molecule has 2 aromatic carbocycles. The third kappa shape index (κ3) is 12.3. The normalized spacial score (nSPS) is 13.1. The molecule has 0 radical (unpaired) electrons. The van der Waals surface area contributed by atoms with Gasteiger partial charge in [-0.2, -0.15) is 0 Å². The monoisotopic (exact) mass is 553 g/mol. The number of halogens is 3. The fraction of sp³-hybridized carbons (Fsp3) is 0.375. The van der Waals surface area contributed by atoms with E-state index in [9.17, 15) is 27.6 Å². The third-order valence-electron chi connectivity index (χ3n) is 5.08. The maximum Gasteiger partial charge on any atom is 0.573 e. The van der Waals surface area contributed by atoms with Crippen LogP contribution in [0.25, 0.3) is 0 Å². The number of nitrogens with zero attached hydrogens (tertiary/aromatic N) is 2. The predicted octanol–water partition coefficient (Wildman–Crippen LogP) is 2.22. The van der Waals surface area contributed by atoms with Gasteiger partial charge in [-0.15, -0.1) is 18.3 Å². The number of nitrogens with two attached hydrogens (primary N) is 2. The van der Waals surface area contributed by atoms with Crippen LogP contribution in [0.3, 0.4) is 0 Å². The Morgan fingerprint density at radius 2 is 1.64 bits per heavy atom. The van der Waals surface area contributed by atoms with Gasteiger partial charge in [-0.25, -0.2) is 9.59 Å². The Kier molecular flexibility index (Phi) is 12.3. The number of carbonyl (C=O) groups is 3. The maximum atomic E-state index is 13.1. The number of ether oxygens (including phenoxy) is 2. The quantitative estimate of drug-likeness (QED) is 0.108. The van der Waals surface area contributed by atoms with Crippen molar-refractivity contribution >= 4 is 23.6 Å². The van der Waals surface area contributed by atoms with Crippen LogP contribution in [0.15, 0.2) is 64.8 Å². The van der Waals surface area contributed by atoms with Crippen LogP contribution in [-0.4, -0.2) is 56.3 Å². The molecular weight excluding hydrogens is 523 g/mol. The van der Waals surface area contributed by atoms with Crippen LogP contribution in [-0.2, 0) is 20.7 Å². The van der Waals surface area contributed by atoms with Gasteiger partial charge in [-0.05, 0) is 49.2 Å². The molecule has 7 N–H and O–H groups in total. The van der Waals surface area contributed by atoms with E-state index in [4.69, 9.17) is 16.2 Å². The summed E-state index contributed by atoms with van der Waals surface area (Å²) in [5, 5.41) is 15.0. The number of urea groups is 1. The van der Waals surface area contributed by atoms with Crippen LogP contribution >= 0.6 is 0 Å². The SMILES string of the molecule is COC(=O)C(CCCNC(N)N)NC(=O)C(Cc1ccccc1)NC(=O)/N=N/c1ccc(OC(F)(F)F)cc1. The molecule has 0 saturated carbocycles. The van der Waals surface area contributed by atoms with Gasteiger partial charge in [0.15, 0.2) is 0 Å². The number of methoxy groups -OCH3 is 1. The first-order chi connectivity index (χ1) is 18.5. The summed E-state index contributed by atoms with van der Waals surface area (Å²) in [6.07, 6.45) is -4.88. The van der Waals surface area contributed by atoms with Gasteiger partial charge >= 0.3 is 18.4 Å². The number of benzene rings is 2. The molecule has 0 heterocycles. The molecule has 0 aliphatic carbocycles. The van der Waals surface area contributed by atoms with Gasteiger partial charge in [0.2, 0.25) is 5.91 Å². The van der Waals surface area contributed by atoms with Gasteiger partial charge in [0.25, 0.3) is 0 Å². The van der Waals surface area contributed by atoms with Crippen LogP contribution < -0.4 is 32.2 Å². The van der Waals surface area contributed by atoms with Crippen molar-refractivity contribution in [3.8, 4) is 5.75 Å². The first kappa shape index (κ1) is 31.1. The van der Waals surface area contributed by atoms with Crippen molar-refractivity contribution in [2.24, 2.45) is 21.7 Å². The van der Waals surface area contributed by atoms with Crippen molar-refractivity contribution < 1.29 is 37.0 Å². The van der Waals surface area contributed by atoms with E-state index in [0.29, 0.717) is 18.5 Å². The Bertz CT molecular complexity index is 1100. The molecule has 2 unspecified atom stereocenters. The number of rotatable bonds is 13. The van der Waals surface area contributed by atoms with E-state index in [1.165, 1.54) is 19.2 Å². The standard InChI is InChI=1S/C24H30F3N7O5/c1-38-21(36)18(8-5-13-30-22(28)29)31-20(35)19(14-15-6-3-2-4-7-15)32-23(37)34-33-16-9-11-17(12-10-16)39-24(25,26)27/h2-4,6-7,9-12,18-19,22,30H,5,8,13-14,28-29H2,1H3,(H,31,35)(H,32,37)/b34-33+. The number of azo groups is 1. The zero-order chi connectivity index (χ0) is 28.8. The summed E-state index contributed by atoms with van der Waals surface area (Å²) in [4.78, 5) is 37.8. The molecular formula is C24H30F3N7O5. The van der Waals surface area contributed by atoms with Crippen LogP contribution in [0.4, 0.5) is 23.7 Å². The summed E-state index contributed by atoms with van der Waals surface area (Å²) < 4.78 is 45.5. The zero-order valence-electron chi connectivity index (χ0n) is 21.0. The Balaban J connectivity index is 2.09. The lowest BCUT2D eigenvalue weighted by Gasteiger charge is -2.22.